The Kier molecular flexibility index (Phi) is 3.14. The molecule has 1 rings (SSSR count). The standard InChI is InChI=1S/C9H10F2N2O/c10-6-2-1-5(7(11)4-6)3-8(12)9(13)14/h1-2,4,8H,3,12H2,(H2,13,14)/t8-/m1/s1. The molecule has 0 unspecified atom stereocenters. The quantitative estimate of drug-likeness (QED) is 0.737. The molecule has 0 radical (unpaired) electrons. The molecule has 4 N–H and O–H groups in total. The molecule has 0 aromatic heterocycles. The Bertz CT molecular complexity index is 355. The Morgan fingerprint density at radius 3 is 2.57 bits per heavy atom. The second-order valence-corrected chi connectivity index (χ2v) is 2.95. The molecule has 0 saturated heterocycles. The summed E-state index contributed by atoms with van der Waals surface area (Å²) in [6.07, 6.45) is -0.0263. The highest BCUT2D eigenvalue weighted by Crippen LogP contribution is 2.10. The van der Waals surface area contributed by atoms with Crippen LogP contribution in [0.3, 0.4) is 0 Å². The molecule has 0 saturated carbocycles. The lowest BCUT2D eigenvalue weighted by atomic mass is 10.1. The lowest BCUT2D eigenvalue weighted by Crippen LogP contribution is -2.38. The minimum Gasteiger partial charge on any atom is -0.368 e. The lowest BCUT2D eigenvalue weighted by molar-refractivity contribution is -0.119. The molecule has 0 bridgehead atoms. The average molecular weight is 200 g/mol. The van der Waals surface area contributed by atoms with Crippen molar-refractivity contribution in [2.75, 3.05) is 0 Å². The van der Waals surface area contributed by atoms with E-state index < -0.39 is 23.6 Å². The summed E-state index contributed by atoms with van der Waals surface area (Å²) < 4.78 is 25.5. The summed E-state index contributed by atoms with van der Waals surface area (Å²) in [4.78, 5) is 10.6. The smallest absolute Gasteiger partial charge is 0.234 e. The summed E-state index contributed by atoms with van der Waals surface area (Å²) in [5.41, 5.74) is 10.4. The number of rotatable bonds is 3. The molecule has 0 fully saturated rings. The van der Waals surface area contributed by atoms with E-state index in [2.05, 4.69) is 0 Å². The van der Waals surface area contributed by atoms with Crippen molar-refractivity contribution < 1.29 is 13.6 Å². The lowest BCUT2D eigenvalue weighted by Gasteiger charge is -2.07. The van der Waals surface area contributed by atoms with Crippen LogP contribution in [0.1, 0.15) is 5.56 Å². The predicted molar refractivity (Wildman–Crippen MR) is 47.2 cm³/mol. The van der Waals surface area contributed by atoms with Gasteiger partial charge in [0.05, 0.1) is 6.04 Å². The minimum atomic E-state index is -0.949. The third-order valence-corrected chi connectivity index (χ3v) is 1.82. The second-order valence-electron chi connectivity index (χ2n) is 2.95. The molecular weight excluding hydrogens is 190 g/mol. The zero-order chi connectivity index (χ0) is 10.7. The van der Waals surface area contributed by atoms with Gasteiger partial charge in [-0.05, 0) is 18.1 Å². The van der Waals surface area contributed by atoms with E-state index in [1.807, 2.05) is 0 Å². The van der Waals surface area contributed by atoms with Gasteiger partial charge in [0.15, 0.2) is 0 Å². The summed E-state index contributed by atoms with van der Waals surface area (Å²) in [5.74, 6) is -2.10. The number of hydrogen-bond acceptors (Lipinski definition) is 2. The van der Waals surface area contributed by atoms with E-state index >= 15 is 0 Å². The first-order valence-electron chi connectivity index (χ1n) is 3.99. The summed E-state index contributed by atoms with van der Waals surface area (Å²) in [6.45, 7) is 0. The Balaban J connectivity index is 2.82. The van der Waals surface area contributed by atoms with Gasteiger partial charge in [-0.1, -0.05) is 6.07 Å². The van der Waals surface area contributed by atoms with Gasteiger partial charge in [-0.25, -0.2) is 8.78 Å². The van der Waals surface area contributed by atoms with Gasteiger partial charge in [-0.15, -0.1) is 0 Å². The summed E-state index contributed by atoms with van der Waals surface area (Å²) >= 11 is 0. The van der Waals surface area contributed by atoms with Crippen molar-refractivity contribution in [1.82, 2.24) is 0 Å². The van der Waals surface area contributed by atoms with Crippen molar-refractivity contribution in [2.45, 2.75) is 12.5 Å². The summed E-state index contributed by atoms with van der Waals surface area (Å²) in [5, 5.41) is 0. The zero-order valence-electron chi connectivity index (χ0n) is 7.34. The maximum Gasteiger partial charge on any atom is 0.234 e. The van der Waals surface area contributed by atoms with Crippen LogP contribution in [-0.4, -0.2) is 11.9 Å². The van der Waals surface area contributed by atoms with Crippen LogP contribution in [0.5, 0.6) is 0 Å². The minimum absolute atomic E-state index is 0.0263. The SMILES string of the molecule is NC(=O)[C@H](N)Cc1ccc(F)cc1F. The number of hydrogen-bond donors (Lipinski definition) is 2. The molecule has 0 aliphatic heterocycles. The number of carbonyl (C=O) groups is 1. The van der Waals surface area contributed by atoms with Gasteiger partial charge in [-0.3, -0.25) is 4.79 Å². The Labute approximate surface area is 79.7 Å². The Hall–Kier alpha value is -1.49. The van der Waals surface area contributed by atoms with Crippen LogP contribution in [0.15, 0.2) is 18.2 Å². The van der Waals surface area contributed by atoms with Crippen LogP contribution in [0.4, 0.5) is 8.78 Å². The third kappa shape index (κ3) is 2.50. The topological polar surface area (TPSA) is 69.1 Å². The van der Waals surface area contributed by atoms with E-state index in [-0.39, 0.29) is 12.0 Å². The van der Waals surface area contributed by atoms with E-state index in [0.29, 0.717) is 0 Å². The van der Waals surface area contributed by atoms with E-state index in [4.69, 9.17) is 11.5 Å². The van der Waals surface area contributed by atoms with Crippen LogP contribution in [0.25, 0.3) is 0 Å². The molecule has 76 valence electrons. The van der Waals surface area contributed by atoms with Crippen LogP contribution in [0, 0.1) is 11.6 Å². The van der Waals surface area contributed by atoms with Crippen molar-refractivity contribution >= 4 is 5.91 Å². The fraction of sp³-hybridized carbons (Fsp3) is 0.222. The molecule has 3 nitrogen and oxygen atoms in total. The van der Waals surface area contributed by atoms with Gasteiger partial charge in [-0.2, -0.15) is 0 Å². The highest BCUT2D eigenvalue weighted by Gasteiger charge is 2.13. The van der Waals surface area contributed by atoms with Crippen LogP contribution in [0.2, 0.25) is 0 Å². The molecule has 0 aliphatic rings. The van der Waals surface area contributed by atoms with E-state index in [1.54, 1.807) is 0 Å². The first kappa shape index (κ1) is 10.6. The predicted octanol–water partition coefficient (Wildman–Crippen LogP) is 0.320. The van der Waals surface area contributed by atoms with Gasteiger partial charge < -0.3 is 11.5 Å². The second kappa shape index (κ2) is 4.15. The van der Waals surface area contributed by atoms with Crippen LogP contribution < -0.4 is 11.5 Å². The van der Waals surface area contributed by atoms with Crippen molar-refractivity contribution in [3.8, 4) is 0 Å². The third-order valence-electron chi connectivity index (χ3n) is 1.82. The average Bonchev–Trinajstić information content (AvgIpc) is 2.09. The maximum atomic E-state index is 13.0. The van der Waals surface area contributed by atoms with Gasteiger partial charge >= 0.3 is 0 Å². The number of benzene rings is 1. The van der Waals surface area contributed by atoms with Gasteiger partial charge in [0.2, 0.25) is 5.91 Å². The van der Waals surface area contributed by atoms with E-state index in [1.165, 1.54) is 6.07 Å². The maximum absolute atomic E-state index is 13.0. The molecule has 1 aromatic carbocycles. The monoisotopic (exact) mass is 200 g/mol. The zero-order valence-corrected chi connectivity index (χ0v) is 7.34. The summed E-state index contributed by atoms with van der Waals surface area (Å²) in [7, 11) is 0. The normalized spacial score (nSPS) is 12.5. The van der Waals surface area contributed by atoms with E-state index in [9.17, 15) is 13.6 Å². The first-order valence-corrected chi connectivity index (χ1v) is 3.99. The van der Waals surface area contributed by atoms with Gasteiger partial charge in [0.1, 0.15) is 11.6 Å². The number of amides is 1. The molecule has 0 heterocycles. The van der Waals surface area contributed by atoms with Crippen molar-refractivity contribution in [1.29, 1.82) is 0 Å². The van der Waals surface area contributed by atoms with Gasteiger partial charge in [0, 0.05) is 6.07 Å². The molecule has 5 heteroatoms. The van der Waals surface area contributed by atoms with Crippen molar-refractivity contribution in [3.05, 3.63) is 35.4 Å². The number of nitrogens with two attached hydrogens (primary N) is 2. The summed E-state index contributed by atoms with van der Waals surface area (Å²) in [6, 6.07) is 2.14. The van der Waals surface area contributed by atoms with Crippen molar-refractivity contribution in [2.24, 2.45) is 11.5 Å². The first-order chi connectivity index (χ1) is 6.50. The number of primary amides is 1. The molecule has 1 amide bonds. The fourth-order valence-corrected chi connectivity index (χ4v) is 1.02. The molecule has 14 heavy (non-hydrogen) atoms. The van der Waals surface area contributed by atoms with Crippen LogP contribution >= 0.6 is 0 Å². The molecule has 1 atom stereocenters. The van der Waals surface area contributed by atoms with E-state index in [0.717, 1.165) is 12.1 Å². The van der Waals surface area contributed by atoms with Crippen LogP contribution in [-0.2, 0) is 11.2 Å². The Morgan fingerprint density at radius 1 is 1.43 bits per heavy atom. The highest BCUT2D eigenvalue weighted by molar-refractivity contribution is 5.79. The number of carbonyl (C=O) groups excluding carboxylic acids is 1. The fourth-order valence-electron chi connectivity index (χ4n) is 1.02. The Morgan fingerprint density at radius 2 is 2.07 bits per heavy atom. The molecular formula is C9H10F2N2O. The van der Waals surface area contributed by atoms with Crippen molar-refractivity contribution in [3.63, 3.8) is 0 Å². The molecule has 1 aromatic rings. The molecule has 0 spiro atoms. The molecule has 0 aliphatic carbocycles. The largest absolute Gasteiger partial charge is 0.368 e. The van der Waals surface area contributed by atoms with Gasteiger partial charge in [0.25, 0.3) is 0 Å². The number of halogens is 2. The highest BCUT2D eigenvalue weighted by atomic mass is 19.1.